The number of hydrogen-bond donors (Lipinski definition) is 1. The van der Waals surface area contributed by atoms with Gasteiger partial charge in [0.25, 0.3) is 0 Å². The van der Waals surface area contributed by atoms with Crippen molar-refractivity contribution in [2.24, 2.45) is 5.92 Å². The van der Waals surface area contributed by atoms with Gasteiger partial charge in [0.15, 0.2) is 0 Å². The van der Waals surface area contributed by atoms with E-state index >= 15 is 0 Å². The van der Waals surface area contributed by atoms with Crippen LogP contribution in [0.25, 0.3) is 0 Å². The molecule has 3 heteroatoms. The maximum absolute atomic E-state index is 13.6. The Morgan fingerprint density at radius 2 is 2.17 bits per heavy atom. The normalized spacial score (nSPS) is 12.7. The van der Waals surface area contributed by atoms with Crippen LogP contribution in [0.1, 0.15) is 37.8 Å². The summed E-state index contributed by atoms with van der Waals surface area (Å²) in [6.45, 7) is 6.13. The van der Waals surface area contributed by atoms with Gasteiger partial charge in [-0.15, -0.1) is 0 Å². The topological polar surface area (TPSA) is 21.3 Å². The van der Waals surface area contributed by atoms with E-state index < -0.39 is 0 Å². The fraction of sp³-hybridized carbons (Fsp3) is 0.600. The first-order valence-corrected chi connectivity index (χ1v) is 6.67. The van der Waals surface area contributed by atoms with Gasteiger partial charge in [-0.05, 0) is 37.1 Å². The van der Waals surface area contributed by atoms with Crippen molar-refractivity contribution < 1.29 is 9.13 Å². The van der Waals surface area contributed by atoms with Crippen LogP contribution in [0.4, 0.5) is 4.39 Å². The Labute approximate surface area is 110 Å². The van der Waals surface area contributed by atoms with Crippen LogP contribution in [0.3, 0.4) is 0 Å². The highest BCUT2D eigenvalue weighted by molar-refractivity contribution is 5.24. The summed E-state index contributed by atoms with van der Waals surface area (Å²) in [5.41, 5.74) is 1.73. The molecule has 18 heavy (non-hydrogen) atoms. The Balaban J connectivity index is 2.47. The van der Waals surface area contributed by atoms with Gasteiger partial charge >= 0.3 is 0 Å². The summed E-state index contributed by atoms with van der Waals surface area (Å²) < 4.78 is 19.2. The van der Waals surface area contributed by atoms with Crippen molar-refractivity contribution in [1.82, 2.24) is 5.32 Å². The standard InChI is InChI=1S/C15H24FNO/c1-4-5-12(2)10-18-11-14-8-13(9-17-3)6-7-15(14)16/h6-8,12,17H,4-5,9-11H2,1-3H3. The maximum Gasteiger partial charge on any atom is 0.128 e. The van der Waals surface area contributed by atoms with Crippen LogP contribution in [0.15, 0.2) is 18.2 Å². The summed E-state index contributed by atoms with van der Waals surface area (Å²) in [6, 6.07) is 5.19. The van der Waals surface area contributed by atoms with Crippen molar-refractivity contribution in [2.75, 3.05) is 13.7 Å². The van der Waals surface area contributed by atoms with Gasteiger partial charge in [0, 0.05) is 18.7 Å². The zero-order valence-electron chi connectivity index (χ0n) is 11.6. The maximum atomic E-state index is 13.6. The van der Waals surface area contributed by atoms with E-state index in [1.54, 1.807) is 6.07 Å². The van der Waals surface area contributed by atoms with Gasteiger partial charge < -0.3 is 10.1 Å². The molecule has 0 fully saturated rings. The molecule has 2 nitrogen and oxygen atoms in total. The third-order valence-electron chi connectivity index (χ3n) is 2.93. The van der Waals surface area contributed by atoms with E-state index in [0.29, 0.717) is 24.7 Å². The van der Waals surface area contributed by atoms with Gasteiger partial charge in [-0.1, -0.05) is 26.3 Å². The van der Waals surface area contributed by atoms with Crippen molar-refractivity contribution >= 4 is 0 Å². The Bertz CT molecular complexity index is 354. The second kappa shape index (κ2) is 8.22. The molecular weight excluding hydrogens is 229 g/mol. The van der Waals surface area contributed by atoms with E-state index in [-0.39, 0.29) is 5.82 Å². The van der Waals surface area contributed by atoms with Gasteiger partial charge in [0.05, 0.1) is 6.61 Å². The molecule has 0 heterocycles. The summed E-state index contributed by atoms with van der Waals surface area (Å²) in [6.07, 6.45) is 2.32. The lowest BCUT2D eigenvalue weighted by Crippen LogP contribution is -2.08. The molecule has 0 saturated heterocycles. The molecule has 1 atom stereocenters. The van der Waals surface area contributed by atoms with E-state index in [4.69, 9.17) is 4.74 Å². The first-order valence-electron chi connectivity index (χ1n) is 6.67. The molecule has 0 bridgehead atoms. The fourth-order valence-electron chi connectivity index (χ4n) is 2.00. The van der Waals surface area contributed by atoms with Crippen LogP contribution < -0.4 is 5.32 Å². The first kappa shape index (κ1) is 15.1. The highest BCUT2D eigenvalue weighted by Crippen LogP contribution is 2.13. The molecule has 0 aromatic heterocycles. The van der Waals surface area contributed by atoms with Gasteiger partial charge in [0.2, 0.25) is 0 Å². The smallest absolute Gasteiger partial charge is 0.128 e. The Kier molecular flexibility index (Phi) is 6.91. The van der Waals surface area contributed by atoms with E-state index in [1.165, 1.54) is 6.07 Å². The van der Waals surface area contributed by atoms with Gasteiger partial charge in [-0.3, -0.25) is 0 Å². The second-order valence-corrected chi connectivity index (χ2v) is 4.87. The Morgan fingerprint density at radius 1 is 1.39 bits per heavy atom. The average molecular weight is 253 g/mol. The van der Waals surface area contributed by atoms with Gasteiger partial charge in [-0.2, -0.15) is 0 Å². The molecule has 0 aliphatic carbocycles. The van der Waals surface area contributed by atoms with E-state index in [2.05, 4.69) is 19.2 Å². The lowest BCUT2D eigenvalue weighted by Gasteiger charge is -2.12. The highest BCUT2D eigenvalue weighted by Gasteiger charge is 2.05. The lowest BCUT2D eigenvalue weighted by atomic mass is 10.1. The predicted octanol–water partition coefficient (Wildman–Crippen LogP) is 3.50. The first-order chi connectivity index (χ1) is 8.67. The molecule has 1 unspecified atom stereocenters. The van der Waals surface area contributed by atoms with E-state index in [9.17, 15) is 4.39 Å². The molecule has 0 spiro atoms. The molecule has 1 rings (SSSR count). The molecule has 1 aromatic rings. The average Bonchev–Trinajstić information content (AvgIpc) is 2.34. The van der Waals surface area contributed by atoms with E-state index in [1.807, 2.05) is 13.1 Å². The van der Waals surface area contributed by atoms with E-state index in [0.717, 1.165) is 24.9 Å². The zero-order chi connectivity index (χ0) is 13.4. The second-order valence-electron chi connectivity index (χ2n) is 4.87. The van der Waals surface area contributed by atoms with Crippen molar-refractivity contribution in [3.8, 4) is 0 Å². The molecule has 1 N–H and O–H groups in total. The quantitative estimate of drug-likeness (QED) is 0.765. The summed E-state index contributed by atoms with van der Waals surface area (Å²) in [5, 5.41) is 3.06. The van der Waals surface area contributed by atoms with Crippen LogP contribution in [-0.2, 0) is 17.9 Å². The zero-order valence-corrected chi connectivity index (χ0v) is 11.6. The lowest BCUT2D eigenvalue weighted by molar-refractivity contribution is 0.0874. The number of rotatable bonds is 8. The minimum Gasteiger partial charge on any atom is -0.376 e. The minimum absolute atomic E-state index is 0.182. The van der Waals surface area contributed by atoms with Crippen LogP contribution in [0.5, 0.6) is 0 Å². The van der Waals surface area contributed by atoms with Crippen molar-refractivity contribution in [1.29, 1.82) is 0 Å². The van der Waals surface area contributed by atoms with Crippen LogP contribution >= 0.6 is 0 Å². The summed E-state index contributed by atoms with van der Waals surface area (Å²) >= 11 is 0. The molecule has 0 saturated carbocycles. The molecule has 0 aliphatic heterocycles. The largest absolute Gasteiger partial charge is 0.376 e. The fourth-order valence-corrected chi connectivity index (χ4v) is 2.00. The third-order valence-corrected chi connectivity index (χ3v) is 2.93. The number of benzene rings is 1. The molecule has 0 amide bonds. The van der Waals surface area contributed by atoms with Crippen LogP contribution in [-0.4, -0.2) is 13.7 Å². The highest BCUT2D eigenvalue weighted by atomic mass is 19.1. The molecule has 0 aliphatic rings. The Hall–Kier alpha value is -0.930. The SMILES string of the molecule is CCCC(C)COCc1cc(CNC)ccc1F. The molecule has 1 aromatic carbocycles. The van der Waals surface area contributed by atoms with Crippen LogP contribution in [0, 0.1) is 11.7 Å². The van der Waals surface area contributed by atoms with Crippen molar-refractivity contribution in [2.45, 2.75) is 39.8 Å². The minimum atomic E-state index is -0.182. The number of ether oxygens (including phenoxy) is 1. The van der Waals surface area contributed by atoms with Crippen LogP contribution in [0.2, 0.25) is 0 Å². The summed E-state index contributed by atoms with van der Waals surface area (Å²) in [5.74, 6) is 0.358. The summed E-state index contributed by atoms with van der Waals surface area (Å²) in [7, 11) is 1.88. The molecular formula is C15H24FNO. The number of hydrogen-bond acceptors (Lipinski definition) is 2. The molecule has 102 valence electrons. The summed E-state index contributed by atoms with van der Waals surface area (Å²) in [4.78, 5) is 0. The Morgan fingerprint density at radius 3 is 2.83 bits per heavy atom. The van der Waals surface area contributed by atoms with Crippen molar-refractivity contribution in [3.63, 3.8) is 0 Å². The number of nitrogens with one attached hydrogen (secondary N) is 1. The van der Waals surface area contributed by atoms with Gasteiger partial charge in [0.1, 0.15) is 5.82 Å². The third kappa shape index (κ3) is 5.15. The monoisotopic (exact) mass is 253 g/mol. The predicted molar refractivity (Wildman–Crippen MR) is 72.9 cm³/mol. The van der Waals surface area contributed by atoms with Gasteiger partial charge in [-0.25, -0.2) is 4.39 Å². The number of halogens is 1. The molecule has 0 radical (unpaired) electrons. The van der Waals surface area contributed by atoms with Crippen molar-refractivity contribution in [3.05, 3.63) is 35.1 Å².